The lowest BCUT2D eigenvalue weighted by Gasteiger charge is -2.47. The molecule has 2 heterocycles. The summed E-state index contributed by atoms with van der Waals surface area (Å²) in [5, 5.41) is 2.79. The molecule has 3 N–H and O–H groups in total. The molecular formula is C24H29F2N5O3S. The Bertz CT molecular complexity index is 1160. The molecule has 1 aliphatic rings. The first-order valence-corrected chi connectivity index (χ1v) is 11.6. The molecule has 2 aromatic rings. The third-order valence-corrected chi connectivity index (χ3v) is 7.27. The Kier molecular flexibility index (Phi) is 7.80. The summed E-state index contributed by atoms with van der Waals surface area (Å²) in [4.78, 5) is 25.3. The van der Waals surface area contributed by atoms with Crippen molar-refractivity contribution in [3.05, 3.63) is 59.6 Å². The van der Waals surface area contributed by atoms with Crippen LogP contribution in [-0.2, 0) is 10.3 Å². The third-order valence-electron chi connectivity index (χ3n) is 6.03. The molecule has 8 nitrogen and oxygen atoms in total. The van der Waals surface area contributed by atoms with E-state index in [2.05, 4.69) is 26.9 Å². The van der Waals surface area contributed by atoms with Gasteiger partial charge in [-0.15, -0.1) is 0 Å². The Hall–Kier alpha value is -3.05. The van der Waals surface area contributed by atoms with Gasteiger partial charge in [-0.2, -0.15) is 0 Å². The van der Waals surface area contributed by atoms with Crippen LogP contribution in [0.1, 0.15) is 43.7 Å². The number of nitrogens with two attached hydrogens (primary N) is 1. The number of methoxy groups -OCH3 is 1. The molecule has 0 saturated heterocycles. The molecule has 3 rings (SSSR count). The van der Waals surface area contributed by atoms with Crippen LogP contribution >= 0.6 is 11.8 Å². The molecule has 0 spiro atoms. The first-order valence-electron chi connectivity index (χ1n) is 10.8. The summed E-state index contributed by atoms with van der Waals surface area (Å²) in [5.41, 5.74) is 5.67. The number of halogens is 2. The largest absolute Gasteiger partial charge is 0.472 e. The predicted molar refractivity (Wildman–Crippen MR) is 133 cm³/mol. The van der Waals surface area contributed by atoms with Crippen LogP contribution in [0.15, 0.2) is 41.7 Å². The van der Waals surface area contributed by atoms with Gasteiger partial charge < -0.3 is 20.5 Å². The molecule has 188 valence electrons. The molecule has 11 heteroatoms. The number of aromatic nitrogens is 2. The highest BCUT2D eigenvalue weighted by Crippen LogP contribution is 2.50. The first kappa shape index (κ1) is 26.6. The van der Waals surface area contributed by atoms with Crippen molar-refractivity contribution in [2.24, 2.45) is 16.6 Å². The van der Waals surface area contributed by atoms with Gasteiger partial charge in [0.1, 0.15) is 12.3 Å². The van der Waals surface area contributed by atoms with Crippen molar-refractivity contribution in [2.75, 3.05) is 25.6 Å². The number of thioether (sulfide) groups is 1. The minimum absolute atomic E-state index is 0.0254. The van der Waals surface area contributed by atoms with Gasteiger partial charge in [0.2, 0.25) is 5.88 Å². The van der Waals surface area contributed by atoms with E-state index in [4.69, 9.17) is 15.2 Å². The highest BCUT2D eigenvalue weighted by atomic mass is 32.2. The van der Waals surface area contributed by atoms with Crippen molar-refractivity contribution in [3.63, 3.8) is 0 Å². The van der Waals surface area contributed by atoms with Crippen LogP contribution in [0.5, 0.6) is 5.88 Å². The number of nitrogens with zero attached hydrogens (tertiary/aromatic N) is 3. The number of benzene rings is 1. The molecule has 0 radical (unpaired) electrons. The maximum Gasteiger partial charge on any atom is 0.275 e. The number of amidine groups is 1. The van der Waals surface area contributed by atoms with Gasteiger partial charge >= 0.3 is 0 Å². The van der Waals surface area contributed by atoms with E-state index in [0.717, 1.165) is 11.6 Å². The lowest BCUT2D eigenvalue weighted by atomic mass is 9.74. The molecule has 1 aliphatic heterocycles. The standard InChI is InChI=1S/C24H29F2N5O3S/c1-13(2)11-34-19-10-28-18(9-29-19)21(32)30-15-7-16(20(26)17(25)8-15)24(5)14(3)23(4,12-33-6)35-22(27)31-24/h7-10,14H,1,11-12H2,2-6H3,(H2,27,31)(H,30,32)/t14-,23-,24+/m1/s1. The van der Waals surface area contributed by atoms with Crippen molar-refractivity contribution in [1.82, 2.24) is 9.97 Å². The van der Waals surface area contributed by atoms with Gasteiger partial charge in [0.15, 0.2) is 16.8 Å². The molecule has 35 heavy (non-hydrogen) atoms. The fourth-order valence-electron chi connectivity index (χ4n) is 3.93. The number of nitrogens with one attached hydrogen (secondary N) is 1. The second-order valence-corrected chi connectivity index (χ2v) is 10.5. The number of anilines is 1. The maximum absolute atomic E-state index is 15.1. The summed E-state index contributed by atoms with van der Waals surface area (Å²) in [6.45, 7) is 11.6. The highest BCUT2D eigenvalue weighted by Gasteiger charge is 2.50. The van der Waals surface area contributed by atoms with Crippen LogP contribution in [0.3, 0.4) is 0 Å². The van der Waals surface area contributed by atoms with Gasteiger partial charge in [-0.05, 0) is 32.4 Å². The zero-order valence-corrected chi connectivity index (χ0v) is 21.1. The van der Waals surface area contributed by atoms with Gasteiger partial charge in [-0.3, -0.25) is 9.79 Å². The number of amides is 1. The summed E-state index contributed by atoms with van der Waals surface area (Å²) in [6.07, 6.45) is 2.53. The molecule has 3 atom stereocenters. The molecular weight excluding hydrogens is 476 g/mol. The Morgan fingerprint density at radius 3 is 2.60 bits per heavy atom. The Morgan fingerprint density at radius 2 is 2.00 bits per heavy atom. The average Bonchev–Trinajstić information content (AvgIpc) is 2.78. The lowest BCUT2D eigenvalue weighted by molar-refractivity contribution is 0.102. The third kappa shape index (κ3) is 5.62. The second kappa shape index (κ2) is 10.3. The highest BCUT2D eigenvalue weighted by molar-refractivity contribution is 8.15. The molecule has 0 saturated carbocycles. The van der Waals surface area contributed by atoms with E-state index in [9.17, 15) is 9.18 Å². The summed E-state index contributed by atoms with van der Waals surface area (Å²) < 4.78 is 40.0. The van der Waals surface area contributed by atoms with Crippen LogP contribution in [0, 0.1) is 17.6 Å². The second-order valence-electron chi connectivity index (χ2n) is 8.93. The lowest BCUT2D eigenvalue weighted by Crippen LogP contribution is -2.50. The van der Waals surface area contributed by atoms with Crippen molar-refractivity contribution in [2.45, 2.75) is 38.0 Å². The zero-order chi connectivity index (χ0) is 26.0. The number of carbonyl (C=O) groups is 1. The molecule has 0 aliphatic carbocycles. The summed E-state index contributed by atoms with van der Waals surface area (Å²) >= 11 is 1.33. The monoisotopic (exact) mass is 505 g/mol. The van der Waals surface area contributed by atoms with Gasteiger partial charge in [-0.1, -0.05) is 25.3 Å². The van der Waals surface area contributed by atoms with E-state index in [0.29, 0.717) is 6.61 Å². The van der Waals surface area contributed by atoms with Gasteiger partial charge in [0, 0.05) is 35.1 Å². The van der Waals surface area contributed by atoms with E-state index in [1.807, 2.05) is 13.8 Å². The summed E-state index contributed by atoms with van der Waals surface area (Å²) in [5.74, 6) is -2.90. The maximum atomic E-state index is 15.1. The van der Waals surface area contributed by atoms with Gasteiger partial charge in [0.25, 0.3) is 5.91 Å². The summed E-state index contributed by atoms with van der Waals surface area (Å²) in [6, 6.07) is 2.27. The minimum Gasteiger partial charge on any atom is -0.472 e. The Morgan fingerprint density at radius 1 is 1.29 bits per heavy atom. The number of rotatable bonds is 8. The first-order chi connectivity index (χ1) is 16.4. The molecule has 0 unspecified atom stereocenters. The van der Waals surface area contributed by atoms with Crippen LogP contribution < -0.4 is 15.8 Å². The van der Waals surface area contributed by atoms with Crippen molar-refractivity contribution in [3.8, 4) is 5.88 Å². The smallest absolute Gasteiger partial charge is 0.275 e. The number of aliphatic imine (C=N–C) groups is 1. The van der Waals surface area contributed by atoms with E-state index in [1.165, 1.54) is 30.2 Å². The van der Waals surface area contributed by atoms with E-state index >= 15 is 4.39 Å². The molecule has 0 bridgehead atoms. The molecule has 1 aromatic heterocycles. The number of ether oxygens (including phenoxy) is 2. The molecule has 1 aromatic carbocycles. The fourth-order valence-corrected chi connectivity index (χ4v) is 5.23. The Labute approximate surface area is 207 Å². The zero-order valence-electron chi connectivity index (χ0n) is 20.3. The van der Waals surface area contributed by atoms with E-state index in [-0.39, 0.29) is 40.5 Å². The fraction of sp³-hybridized carbons (Fsp3) is 0.417. The van der Waals surface area contributed by atoms with Crippen LogP contribution in [0.2, 0.25) is 0 Å². The van der Waals surface area contributed by atoms with Crippen LogP contribution in [-0.4, -0.2) is 46.1 Å². The number of hydrogen-bond acceptors (Lipinski definition) is 8. The average molecular weight is 506 g/mol. The normalized spacial score (nSPS) is 24.0. The van der Waals surface area contributed by atoms with Crippen molar-refractivity contribution in [1.29, 1.82) is 0 Å². The van der Waals surface area contributed by atoms with Crippen molar-refractivity contribution < 1.29 is 23.0 Å². The SMILES string of the molecule is C=C(C)COc1cnc(C(=O)Nc2cc(F)c(F)c([C@@]3(C)N=C(N)S[C@](C)(COC)[C@H]3C)c2)cn1. The van der Waals surface area contributed by atoms with E-state index in [1.54, 1.807) is 21.0 Å². The van der Waals surface area contributed by atoms with Crippen LogP contribution in [0.25, 0.3) is 0 Å². The topological polar surface area (TPSA) is 112 Å². The number of carbonyl (C=O) groups excluding carboxylic acids is 1. The molecule has 0 fully saturated rings. The van der Waals surface area contributed by atoms with Crippen LogP contribution in [0.4, 0.5) is 14.5 Å². The predicted octanol–water partition coefficient (Wildman–Crippen LogP) is 4.28. The van der Waals surface area contributed by atoms with Crippen molar-refractivity contribution >= 4 is 28.5 Å². The van der Waals surface area contributed by atoms with Gasteiger partial charge in [0.05, 0.1) is 24.5 Å². The quantitative estimate of drug-likeness (QED) is 0.515. The summed E-state index contributed by atoms with van der Waals surface area (Å²) in [7, 11) is 1.57. The van der Waals surface area contributed by atoms with E-state index < -0.39 is 27.8 Å². The minimum atomic E-state index is -1.21. The molecule has 1 amide bonds. The number of hydrogen-bond donors (Lipinski definition) is 2. The van der Waals surface area contributed by atoms with Gasteiger partial charge in [-0.25, -0.2) is 18.7 Å². The Balaban J connectivity index is 1.91.